The normalized spacial score (nSPS) is 8.82. The zero-order valence-electron chi connectivity index (χ0n) is 11.2. The molecule has 0 unspecified atom stereocenters. The molecule has 0 heterocycles. The Kier molecular flexibility index (Phi) is 5.87. The SMILES string of the molecule is N#CC(C#N)=C(C#N)Nc1cc([N+](=O)[O-])ccc1NCCO. The van der Waals surface area contributed by atoms with Crippen molar-refractivity contribution in [3.8, 4) is 18.2 Å². The van der Waals surface area contributed by atoms with E-state index in [0.717, 1.165) is 6.07 Å². The van der Waals surface area contributed by atoms with Gasteiger partial charge in [-0.15, -0.1) is 0 Å². The maximum absolute atomic E-state index is 10.8. The summed E-state index contributed by atoms with van der Waals surface area (Å²) in [4.78, 5) is 10.2. The van der Waals surface area contributed by atoms with Crippen LogP contribution in [0, 0.1) is 44.1 Å². The van der Waals surface area contributed by atoms with Gasteiger partial charge in [0.2, 0.25) is 0 Å². The van der Waals surface area contributed by atoms with E-state index < -0.39 is 10.5 Å². The van der Waals surface area contributed by atoms with E-state index in [4.69, 9.17) is 20.9 Å². The van der Waals surface area contributed by atoms with Gasteiger partial charge in [0.05, 0.1) is 22.9 Å². The fraction of sp³-hybridized carbons (Fsp3) is 0.154. The zero-order valence-corrected chi connectivity index (χ0v) is 11.2. The second kappa shape index (κ2) is 7.85. The highest BCUT2D eigenvalue weighted by Gasteiger charge is 2.14. The number of hydrogen-bond donors (Lipinski definition) is 3. The molecule has 1 aromatic rings. The molecule has 0 spiro atoms. The molecule has 22 heavy (non-hydrogen) atoms. The van der Waals surface area contributed by atoms with E-state index in [1.807, 2.05) is 0 Å². The topological polar surface area (TPSA) is 159 Å². The highest BCUT2D eigenvalue weighted by atomic mass is 16.6. The molecule has 0 saturated heterocycles. The number of nitro benzene ring substituents is 1. The third-order valence-corrected chi connectivity index (χ3v) is 2.49. The number of aliphatic hydroxyl groups is 1. The first-order valence-electron chi connectivity index (χ1n) is 5.92. The number of non-ortho nitro benzene ring substituents is 1. The molecule has 0 saturated carbocycles. The van der Waals surface area contributed by atoms with Gasteiger partial charge in [0.1, 0.15) is 23.9 Å². The van der Waals surface area contributed by atoms with Gasteiger partial charge in [-0.1, -0.05) is 0 Å². The molecule has 1 rings (SSSR count). The van der Waals surface area contributed by atoms with Crippen molar-refractivity contribution in [1.82, 2.24) is 0 Å². The Balaban J connectivity index is 3.31. The van der Waals surface area contributed by atoms with E-state index in [-0.39, 0.29) is 30.2 Å². The summed E-state index contributed by atoms with van der Waals surface area (Å²) in [6.45, 7) is 0.0143. The van der Waals surface area contributed by atoms with Crippen molar-refractivity contribution >= 4 is 17.1 Å². The van der Waals surface area contributed by atoms with Crippen molar-refractivity contribution in [3.63, 3.8) is 0 Å². The van der Waals surface area contributed by atoms with E-state index in [1.165, 1.54) is 12.1 Å². The molecule has 110 valence electrons. The second-order valence-corrected chi connectivity index (χ2v) is 3.85. The van der Waals surface area contributed by atoms with Crippen LogP contribution in [0.25, 0.3) is 0 Å². The van der Waals surface area contributed by atoms with Crippen LogP contribution in [0.1, 0.15) is 0 Å². The summed E-state index contributed by atoms with van der Waals surface area (Å²) in [6, 6.07) is 8.58. The summed E-state index contributed by atoms with van der Waals surface area (Å²) in [7, 11) is 0. The minimum Gasteiger partial charge on any atom is -0.395 e. The van der Waals surface area contributed by atoms with Crippen molar-refractivity contribution in [2.24, 2.45) is 0 Å². The van der Waals surface area contributed by atoms with Gasteiger partial charge in [-0.3, -0.25) is 10.1 Å². The van der Waals surface area contributed by atoms with Crippen LogP contribution in [0.2, 0.25) is 0 Å². The summed E-state index contributed by atoms with van der Waals surface area (Å²) in [5, 5.41) is 51.5. The van der Waals surface area contributed by atoms with Crippen molar-refractivity contribution in [2.75, 3.05) is 23.8 Å². The molecule has 0 atom stereocenters. The minimum absolute atomic E-state index is 0.141. The van der Waals surface area contributed by atoms with Gasteiger partial charge in [0.15, 0.2) is 5.57 Å². The summed E-state index contributed by atoms with van der Waals surface area (Å²) in [5.41, 5.74) is -0.478. The van der Waals surface area contributed by atoms with Gasteiger partial charge in [-0.2, -0.15) is 15.8 Å². The molecular formula is C13H10N6O3. The highest BCUT2D eigenvalue weighted by Crippen LogP contribution is 2.28. The van der Waals surface area contributed by atoms with Crippen LogP contribution in [0.5, 0.6) is 0 Å². The number of rotatable bonds is 6. The molecule has 0 aliphatic heterocycles. The number of nitrogens with one attached hydrogen (secondary N) is 2. The molecule has 0 aliphatic rings. The fourth-order valence-electron chi connectivity index (χ4n) is 1.51. The number of nitrogens with zero attached hydrogens (tertiary/aromatic N) is 4. The Bertz CT molecular complexity index is 720. The van der Waals surface area contributed by atoms with Crippen LogP contribution in [-0.4, -0.2) is 23.2 Å². The monoisotopic (exact) mass is 298 g/mol. The summed E-state index contributed by atoms with van der Waals surface area (Å²) >= 11 is 0. The van der Waals surface area contributed by atoms with Crippen LogP contribution in [0.15, 0.2) is 29.5 Å². The van der Waals surface area contributed by atoms with Crippen molar-refractivity contribution in [3.05, 3.63) is 39.6 Å². The molecule has 0 amide bonds. The molecule has 0 bridgehead atoms. The zero-order chi connectivity index (χ0) is 16.5. The molecule has 0 aliphatic carbocycles. The van der Waals surface area contributed by atoms with Crippen LogP contribution >= 0.6 is 0 Å². The minimum atomic E-state index is -0.619. The molecule has 0 aromatic heterocycles. The lowest BCUT2D eigenvalue weighted by molar-refractivity contribution is -0.384. The molecule has 9 heteroatoms. The first kappa shape index (κ1) is 16.4. The predicted molar refractivity (Wildman–Crippen MR) is 76.2 cm³/mol. The number of anilines is 2. The van der Waals surface area contributed by atoms with Crippen molar-refractivity contribution in [2.45, 2.75) is 0 Å². The molecule has 9 nitrogen and oxygen atoms in total. The third kappa shape index (κ3) is 3.94. The van der Waals surface area contributed by atoms with Gasteiger partial charge in [-0.05, 0) is 6.07 Å². The first-order chi connectivity index (χ1) is 10.6. The number of nitro groups is 1. The lowest BCUT2D eigenvalue weighted by Gasteiger charge is -2.12. The smallest absolute Gasteiger partial charge is 0.271 e. The first-order valence-corrected chi connectivity index (χ1v) is 5.92. The largest absolute Gasteiger partial charge is 0.395 e. The van der Waals surface area contributed by atoms with Crippen LogP contribution in [-0.2, 0) is 0 Å². The van der Waals surface area contributed by atoms with Crippen LogP contribution < -0.4 is 10.6 Å². The lowest BCUT2D eigenvalue weighted by Crippen LogP contribution is -2.09. The number of aliphatic hydroxyl groups excluding tert-OH is 1. The van der Waals surface area contributed by atoms with E-state index in [9.17, 15) is 10.1 Å². The number of nitriles is 3. The van der Waals surface area contributed by atoms with Crippen molar-refractivity contribution < 1.29 is 10.0 Å². The molecular weight excluding hydrogens is 288 g/mol. The lowest BCUT2D eigenvalue weighted by atomic mass is 10.2. The Morgan fingerprint density at radius 2 is 1.91 bits per heavy atom. The fourth-order valence-corrected chi connectivity index (χ4v) is 1.51. The van der Waals surface area contributed by atoms with E-state index >= 15 is 0 Å². The van der Waals surface area contributed by atoms with Gasteiger partial charge in [-0.25, -0.2) is 0 Å². The van der Waals surface area contributed by atoms with Gasteiger partial charge in [0, 0.05) is 18.7 Å². The molecule has 1 aromatic carbocycles. The average molecular weight is 298 g/mol. The Morgan fingerprint density at radius 1 is 1.23 bits per heavy atom. The van der Waals surface area contributed by atoms with Crippen LogP contribution in [0.3, 0.4) is 0 Å². The predicted octanol–water partition coefficient (Wildman–Crippen LogP) is 1.24. The number of allylic oxidation sites excluding steroid dienone is 2. The highest BCUT2D eigenvalue weighted by molar-refractivity contribution is 5.75. The van der Waals surface area contributed by atoms with Gasteiger partial charge in [0.25, 0.3) is 5.69 Å². The number of hydrogen-bond acceptors (Lipinski definition) is 8. The Labute approximate surface area is 125 Å². The number of benzene rings is 1. The van der Waals surface area contributed by atoms with E-state index in [0.29, 0.717) is 5.69 Å². The Hall–Kier alpha value is -3.61. The standard InChI is InChI=1S/C13H10N6O3/c14-6-9(7-15)13(8-16)18-12-5-10(19(21)22)1-2-11(12)17-3-4-20/h1-2,5,17-18,20H,3-4H2. The Morgan fingerprint density at radius 3 is 2.41 bits per heavy atom. The average Bonchev–Trinajstić information content (AvgIpc) is 2.53. The van der Waals surface area contributed by atoms with E-state index in [2.05, 4.69) is 10.6 Å². The van der Waals surface area contributed by atoms with Gasteiger partial charge < -0.3 is 15.7 Å². The summed E-state index contributed by atoms with van der Waals surface area (Å²) in [5.74, 6) is 0. The molecule has 0 radical (unpaired) electrons. The van der Waals surface area contributed by atoms with Gasteiger partial charge >= 0.3 is 0 Å². The molecule has 0 fully saturated rings. The van der Waals surface area contributed by atoms with Crippen molar-refractivity contribution in [1.29, 1.82) is 15.8 Å². The summed E-state index contributed by atoms with van der Waals surface area (Å²) in [6.07, 6.45) is 0. The van der Waals surface area contributed by atoms with Crippen LogP contribution in [0.4, 0.5) is 17.1 Å². The second-order valence-electron chi connectivity index (χ2n) is 3.85. The van der Waals surface area contributed by atoms with E-state index in [1.54, 1.807) is 18.2 Å². The maximum atomic E-state index is 10.8. The third-order valence-electron chi connectivity index (χ3n) is 2.49. The molecule has 3 N–H and O–H groups in total. The summed E-state index contributed by atoms with van der Waals surface area (Å²) < 4.78 is 0. The quantitative estimate of drug-likeness (QED) is 0.401. The maximum Gasteiger partial charge on any atom is 0.271 e.